The second-order valence-corrected chi connectivity index (χ2v) is 5.75. The number of anilines is 2. The van der Waals surface area contributed by atoms with E-state index in [1.165, 1.54) is 12.1 Å². The topological polar surface area (TPSA) is 67.1 Å². The molecule has 1 fully saturated rings. The van der Waals surface area contributed by atoms with Gasteiger partial charge in [-0.25, -0.2) is 4.39 Å². The average molecular weight is 279 g/mol. The Hall–Kier alpha value is -1.62. The largest absolute Gasteiger partial charge is 0.381 e. The monoisotopic (exact) mass is 279 g/mol. The van der Waals surface area contributed by atoms with Gasteiger partial charge in [0.2, 0.25) is 5.91 Å². The molecule has 0 aliphatic heterocycles. The minimum Gasteiger partial charge on any atom is -0.381 e. The normalized spacial score (nSPS) is 22.1. The predicted octanol–water partition coefficient (Wildman–Crippen LogP) is 2.71. The quantitative estimate of drug-likeness (QED) is 0.794. The third-order valence-electron chi connectivity index (χ3n) is 3.53. The van der Waals surface area contributed by atoms with Gasteiger partial charge in [0.05, 0.1) is 11.4 Å². The van der Waals surface area contributed by atoms with Crippen LogP contribution in [-0.4, -0.2) is 18.0 Å². The molecule has 0 spiro atoms. The van der Waals surface area contributed by atoms with Crippen molar-refractivity contribution < 1.29 is 9.18 Å². The van der Waals surface area contributed by atoms with Gasteiger partial charge in [0.25, 0.3) is 0 Å². The first-order valence-corrected chi connectivity index (χ1v) is 7.08. The second kappa shape index (κ2) is 6.22. The molecule has 20 heavy (non-hydrogen) atoms. The van der Waals surface area contributed by atoms with Crippen molar-refractivity contribution in [1.29, 1.82) is 0 Å². The number of hydrogen-bond donors (Lipinski definition) is 3. The van der Waals surface area contributed by atoms with E-state index in [1.54, 1.807) is 6.07 Å². The van der Waals surface area contributed by atoms with Crippen LogP contribution in [0.3, 0.4) is 0 Å². The Kier molecular flexibility index (Phi) is 4.60. The van der Waals surface area contributed by atoms with Crippen molar-refractivity contribution in [2.45, 2.75) is 45.2 Å². The summed E-state index contributed by atoms with van der Waals surface area (Å²) in [7, 11) is 0. The molecule has 0 aromatic heterocycles. The van der Waals surface area contributed by atoms with E-state index >= 15 is 0 Å². The molecule has 4 nitrogen and oxygen atoms in total. The summed E-state index contributed by atoms with van der Waals surface area (Å²) in [5.74, 6) is -0.506. The van der Waals surface area contributed by atoms with Crippen LogP contribution in [0.5, 0.6) is 0 Å². The first kappa shape index (κ1) is 14.8. The lowest BCUT2D eigenvalue weighted by Crippen LogP contribution is -2.24. The molecule has 1 aromatic rings. The van der Waals surface area contributed by atoms with Crippen LogP contribution in [0.1, 0.15) is 33.1 Å². The molecule has 5 heteroatoms. The number of nitrogens with two attached hydrogens (primary N) is 1. The second-order valence-electron chi connectivity index (χ2n) is 5.75. The summed E-state index contributed by atoms with van der Waals surface area (Å²) in [4.78, 5) is 12.2. The van der Waals surface area contributed by atoms with Crippen LogP contribution in [0.25, 0.3) is 0 Å². The molecule has 2 unspecified atom stereocenters. The lowest BCUT2D eigenvalue weighted by molar-refractivity contribution is -0.119. The van der Waals surface area contributed by atoms with Gasteiger partial charge in [-0.2, -0.15) is 0 Å². The van der Waals surface area contributed by atoms with Gasteiger partial charge in [0.1, 0.15) is 5.82 Å². The maximum Gasteiger partial charge on any atom is 0.227 e. The summed E-state index contributed by atoms with van der Waals surface area (Å²) < 4.78 is 13.4. The van der Waals surface area contributed by atoms with Crippen LogP contribution in [0.4, 0.5) is 15.8 Å². The number of benzene rings is 1. The zero-order chi connectivity index (χ0) is 14.7. The highest BCUT2D eigenvalue weighted by molar-refractivity contribution is 5.95. The number of carbonyl (C=O) groups excluding carboxylic acids is 1. The molecule has 1 amide bonds. The maximum absolute atomic E-state index is 13.4. The van der Waals surface area contributed by atoms with Crippen LogP contribution in [-0.2, 0) is 4.79 Å². The van der Waals surface area contributed by atoms with Crippen LogP contribution in [0.2, 0.25) is 0 Å². The Morgan fingerprint density at radius 1 is 1.35 bits per heavy atom. The Labute approximate surface area is 118 Å². The summed E-state index contributed by atoms with van der Waals surface area (Å²) in [6.07, 6.45) is 2.38. The Morgan fingerprint density at radius 2 is 2.10 bits per heavy atom. The van der Waals surface area contributed by atoms with Crippen LogP contribution in [0.15, 0.2) is 18.2 Å². The Morgan fingerprint density at radius 3 is 2.70 bits per heavy atom. The van der Waals surface area contributed by atoms with Crippen LogP contribution >= 0.6 is 0 Å². The van der Waals surface area contributed by atoms with Crippen molar-refractivity contribution in [3.8, 4) is 0 Å². The zero-order valence-corrected chi connectivity index (χ0v) is 11.9. The molecule has 1 aliphatic rings. The average Bonchev–Trinajstić information content (AvgIpc) is 2.79. The van der Waals surface area contributed by atoms with Crippen molar-refractivity contribution in [1.82, 2.24) is 0 Å². The summed E-state index contributed by atoms with van der Waals surface area (Å²) >= 11 is 0. The van der Waals surface area contributed by atoms with E-state index in [1.807, 2.05) is 13.8 Å². The number of amides is 1. The zero-order valence-electron chi connectivity index (χ0n) is 11.9. The first-order chi connectivity index (χ1) is 9.45. The molecule has 0 heterocycles. The Balaban J connectivity index is 2.11. The number of nitrogens with one attached hydrogen (secondary N) is 2. The van der Waals surface area contributed by atoms with E-state index in [-0.39, 0.29) is 29.7 Å². The molecule has 0 bridgehead atoms. The predicted molar refractivity (Wildman–Crippen MR) is 79.1 cm³/mol. The highest BCUT2D eigenvalue weighted by Crippen LogP contribution is 2.28. The minimum atomic E-state index is -0.363. The molecule has 0 saturated heterocycles. The van der Waals surface area contributed by atoms with Crippen molar-refractivity contribution in [3.63, 3.8) is 0 Å². The van der Waals surface area contributed by atoms with Gasteiger partial charge in [-0.05, 0) is 51.3 Å². The first-order valence-electron chi connectivity index (χ1n) is 7.08. The van der Waals surface area contributed by atoms with Crippen molar-refractivity contribution in [2.75, 3.05) is 10.6 Å². The molecule has 1 aliphatic carbocycles. The van der Waals surface area contributed by atoms with Gasteiger partial charge in [-0.1, -0.05) is 0 Å². The van der Waals surface area contributed by atoms with Crippen LogP contribution < -0.4 is 16.4 Å². The third-order valence-corrected chi connectivity index (χ3v) is 3.53. The molecule has 2 rings (SSSR count). The van der Waals surface area contributed by atoms with E-state index in [0.717, 1.165) is 18.5 Å². The van der Waals surface area contributed by atoms with Gasteiger partial charge < -0.3 is 16.4 Å². The van der Waals surface area contributed by atoms with Gasteiger partial charge in [0, 0.05) is 18.0 Å². The number of carbonyl (C=O) groups is 1. The molecule has 0 radical (unpaired) electrons. The lowest BCUT2D eigenvalue weighted by atomic mass is 10.1. The van der Waals surface area contributed by atoms with Crippen molar-refractivity contribution in [2.24, 2.45) is 11.7 Å². The van der Waals surface area contributed by atoms with E-state index in [0.29, 0.717) is 12.1 Å². The molecule has 1 aromatic carbocycles. The SMILES string of the molecule is CC(C)Nc1ccc(F)cc1NC(=O)C1CCC(N)C1. The fourth-order valence-electron chi connectivity index (χ4n) is 2.55. The van der Waals surface area contributed by atoms with E-state index in [2.05, 4.69) is 10.6 Å². The Bertz CT molecular complexity index is 490. The number of halogens is 1. The fourth-order valence-corrected chi connectivity index (χ4v) is 2.55. The maximum atomic E-state index is 13.4. The smallest absolute Gasteiger partial charge is 0.227 e. The number of rotatable bonds is 4. The molecule has 2 atom stereocenters. The summed E-state index contributed by atoms with van der Waals surface area (Å²) in [6.45, 7) is 3.98. The van der Waals surface area contributed by atoms with Gasteiger partial charge in [0.15, 0.2) is 0 Å². The van der Waals surface area contributed by atoms with E-state index in [4.69, 9.17) is 5.73 Å². The minimum absolute atomic E-state index is 0.0693. The third kappa shape index (κ3) is 3.70. The lowest BCUT2D eigenvalue weighted by Gasteiger charge is -2.17. The van der Waals surface area contributed by atoms with Gasteiger partial charge in [-0.15, -0.1) is 0 Å². The molecular weight excluding hydrogens is 257 g/mol. The summed E-state index contributed by atoms with van der Waals surface area (Å²) in [6, 6.07) is 4.68. The molecular formula is C15H22FN3O. The fraction of sp³-hybridized carbons (Fsp3) is 0.533. The molecule has 1 saturated carbocycles. The van der Waals surface area contributed by atoms with E-state index in [9.17, 15) is 9.18 Å². The summed E-state index contributed by atoms with van der Waals surface area (Å²) in [5, 5.41) is 6.02. The summed E-state index contributed by atoms with van der Waals surface area (Å²) in [5.41, 5.74) is 7.05. The standard InChI is InChI=1S/C15H22FN3O/c1-9(2)18-13-6-4-11(16)8-14(13)19-15(20)10-3-5-12(17)7-10/h4,6,8-10,12,18H,3,5,7,17H2,1-2H3,(H,19,20). The van der Waals surface area contributed by atoms with E-state index < -0.39 is 0 Å². The highest BCUT2D eigenvalue weighted by atomic mass is 19.1. The van der Waals surface area contributed by atoms with Gasteiger partial charge >= 0.3 is 0 Å². The molecule has 110 valence electrons. The van der Waals surface area contributed by atoms with Gasteiger partial charge in [-0.3, -0.25) is 4.79 Å². The number of hydrogen-bond acceptors (Lipinski definition) is 3. The highest BCUT2D eigenvalue weighted by Gasteiger charge is 2.28. The van der Waals surface area contributed by atoms with Crippen molar-refractivity contribution >= 4 is 17.3 Å². The molecule has 4 N–H and O–H groups in total. The van der Waals surface area contributed by atoms with Crippen LogP contribution in [0, 0.1) is 11.7 Å². The van der Waals surface area contributed by atoms with Crippen molar-refractivity contribution in [3.05, 3.63) is 24.0 Å².